The Morgan fingerprint density at radius 1 is 1.44 bits per heavy atom. The van der Waals surface area contributed by atoms with E-state index in [-0.39, 0.29) is 6.61 Å². The SMILES string of the molecule is CCCNC(C)c1cc(Br)ccc1SCCCO. The first kappa shape index (κ1) is 16.0. The van der Waals surface area contributed by atoms with Gasteiger partial charge < -0.3 is 10.4 Å². The quantitative estimate of drug-likeness (QED) is 0.558. The molecular formula is C14H22BrNOS. The summed E-state index contributed by atoms with van der Waals surface area (Å²) in [5.74, 6) is 0.964. The summed E-state index contributed by atoms with van der Waals surface area (Å²) < 4.78 is 1.12. The van der Waals surface area contributed by atoms with Gasteiger partial charge in [0.05, 0.1) is 0 Å². The maximum Gasteiger partial charge on any atom is 0.0439 e. The first-order chi connectivity index (χ1) is 8.69. The minimum Gasteiger partial charge on any atom is -0.396 e. The molecule has 102 valence electrons. The molecule has 1 rings (SSSR count). The Labute approximate surface area is 123 Å². The van der Waals surface area contributed by atoms with Crippen molar-refractivity contribution in [3.63, 3.8) is 0 Å². The zero-order valence-electron chi connectivity index (χ0n) is 11.1. The molecule has 1 atom stereocenters. The Morgan fingerprint density at radius 3 is 2.89 bits per heavy atom. The summed E-state index contributed by atoms with van der Waals surface area (Å²) in [5, 5.41) is 12.4. The third-order valence-corrected chi connectivity index (χ3v) is 4.37. The third-order valence-electron chi connectivity index (χ3n) is 2.70. The van der Waals surface area contributed by atoms with Crippen LogP contribution in [0.4, 0.5) is 0 Å². The highest BCUT2D eigenvalue weighted by atomic mass is 79.9. The summed E-state index contributed by atoms with van der Waals surface area (Å²) in [6, 6.07) is 6.79. The fourth-order valence-electron chi connectivity index (χ4n) is 1.71. The predicted molar refractivity (Wildman–Crippen MR) is 83.3 cm³/mol. The first-order valence-electron chi connectivity index (χ1n) is 6.45. The molecule has 0 saturated carbocycles. The van der Waals surface area contributed by atoms with E-state index >= 15 is 0 Å². The lowest BCUT2D eigenvalue weighted by Crippen LogP contribution is -2.19. The van der Waals surface area contributed by atoms with Gasteiger partial charge in [-0.2, -0.15) is 0 Å². The van der Waals surface area contributed by atoms with E-state index < -0.39 is 0 Å². The van der Waals surface area contributed by atoms with Crippen LogP contribution in [-0.2, 0) is 0 Å². The number of aliphatic hydroxyl groups is 1. The second kappa shape index (κ2) is 8.97. The van der Waals surface area contributed by atoms with E-state index in [1.54, 1.807) is 0 Å². The van der Waals surface area contributed by atoms with E-state index in [2.05, 4.69) is 53.3 Å². The van der Waals surface area contributed by atoms with Gasteiger partial charge in [-0.05, 0) is 50.1 Å². The second-order valence-corrected chi connectivity index (χ2v) is 6.34. The maximum absolute atomic E-state index is 8.85. The van der Waals surface area contributed by atoms with Crippen molar-refractivity contribution in [2.75, 3.05) is 18.9 Å². The van der Waals surface area contributed by atoms with Gasteiger partial charge in [0.15, 0.2) is 0 Å². The Balaban J connectivity index is 2.75. The number of hydrogen-bond acceptors (Lipinski definition) is 3. The molecular weight excluding hydrogens is 310 g/mol. The van der Waals surface area contributed by atoms with Gasteiger partial charge in [0.1, 0.15) is 0 Å². The first-order valence-corrected chi connectivity index (χ1v) is 8.23. The molecule has 2 N–H and O–H groups in total. The molecule has 1 unspecified atom stereocenters. The van der Waals surface area contributed by atoms with Crippen LogP contribution in [0, 0.1) is 0 Å². The fourth-order valence-corrected chi connectivity index (χ4v) is 3.15. The lowest BCUT2D eigenvalue weighted by Gasteiger charge is -2.18. The maximum atomic E-state index is 8.85. The Morgan fingerprint density at radius 2 is 2.22 bits per heavy atom. The molecule has 1 aromatic rings. The highest BCUT2D eigenvalue weighted by Crippen LogP contribution is 2.30. The van der Waals surface area contributed by atoms with E-state index in [9.17, 15) is 0 Å². The van der Waals surface area contributed by atoms with Gasteiger partial charge in [-0.25, -0.2) is 0 Å². The fraction of sp³-hybridized carbons (Fsp3) is 0.571. The normalized spacial score (nSPS) is 12.7. The molecule has 0 bridgehead atoms. The highest BCUT2D eigenvalue weighted by molar-refractivity contribution is 9.10. The largest absolute Gasteiger partial charge is 0.396 e. The molecule has 4 heteroatoms. The molecule has 0 aliphatic heterocycles. The van der Waals surface area contributed by atoms with Crippen LogP contribution in [0.1, 0.15) is 38.3 Å². The highest BCUT2D eigenvalue weighted by Gasteiger charge is 2.10. The van der Waals surface area contributed by atoms with Crippen molar-refractivity contribution in [3.05, 3.63) is 28.2 Å². The molecule has 0 amide bonds. The summed E-state index contributed by atoms with van der Waals surface area (Å²) in [6.45, 7) is 5.68. The molecule has 1 aromatic carbocycles. The molecule has 2 nitrogen and oxygen atoms in total. The standard InChI is InChI=1S/C14H22BrNOS/c1-3-7-16-11(2)13-10-12(15)5-6-14(13)18-9-4-8-17/h5-6,10-11,16-17H,3-4,7-9H2,1-2H3. The molecule has 0 heterocycles. The molecule has 0 spiro atoms. The van der Waals surface area contributed by atoms with E-state index in [1.165, 1.54) is 10.5 Å². The summed E-state index contributed by atoms with van der Waals surface area (Å²) in [7, 11) is 0. The van der Waals surface area contributed by atoms with Crippen molar-refractivity contribution >= 4 is 27.7 Å². The molecule has 0 radical (unpaired) electrons. The van der Waals surface area contributed by atoms with Crippen molar-refractivity contribution < 1.29 is 5.11 Å². The van der Waals surface area contributed by atoms with Gasteiger partial charge in [-0.3, -0.25) is 0 Å². The van der Waals surface area contributed by atoms with Gasteiger partial charge in [0.2, 0.25) is 0 Å². The smallest absolute Gasteiger partial charge is 0.0439 e. The lowest BCUT2D eigenvalue weighted by atomic mass is 10.1. The molecule has 0 fully saturated rings. The van der Waals surface area contributed by atoms with Gasteiger partial charge in [-0.1, -0.05) is 22.9 Å². The molecule has 0 aliphatic rings. The summed E-state index contributed by atoms with van der Waals surface area (Å²) in [6.07, 6.45) is 1.99. The minimum atomic E-state index is 0.266. The van der Waals surface area contributed by atoms with Crippen molar-refractivity contribution in [1.82, 2.24) is 5.32 Å². The molecule has 18 heavy (non-hydrogen) atoms. The number of hydrogen-bond donors (Lipinski definition) is 2. The van der Waals surface area contributed by atoms with E-state index in [0.717, 1.165) is 29.6 Å². The van der Waals surface area contributed by atoms with Gasteiger partial charge >= 0.3 is 0 Å². The van der Waals surface area contributed by atoms with Crippen LogP contribution in [-0.4, -0.2) is 24.0 Å². The van der Waals surface area contributed by atoms with Crippen LogP contribution in [0.5, 0.6) is 0 Å². The number of halogens is 1. The Kier molecular flexibility index (Phi) is 7.98. The predicted octanol–water partition coefficient (Wildman–Crippen LogP) is 3.98. The number of benzene rings is 1. The summed E-state index contributed by atoms with van der Waals surface area (Å²) >= 11 is 5.36. The zero-order chi connectivity index (χ0) is 13.4. The van der Waals surface area contributed by atoms with Gasteiger partial charge in [-0.15, -0.1) is 11.8 Å². The van der Waals surface area contributed by atoms with E-state index in [0.29, 0.717) is 6.04 Å². The van der Waals surface area contributed by atoms with Crippen LogP contribution in [0.25, 0.3) is 0 Å². The van der Waals surface area contributed by atoms with Gasteiger partial charge in [0.25, 0.3) is 0 Å². The van der Waals surface area contributed by atoms with E-state index in [4.69, 9.17) is 5.11 Å². The monoisotopic (exact) mass is 331 g/mol. The summed E-state index contributed by atoms with van der Waals surface area (Å²) in [5.41, 5.74) is 1.33. The Hall–Kier alpha value is -0.0300. The van der Waals surface area contributed by atoms with Gasteiger partial charge in [0, 0.05) is 27.8 Å². The molecule has 0 aromatic heterocycles. The van der Waals surface area contributed by atoms with Crippen LogP contribution in [0.3, 0.4) is 0 Å². The topological polar surface area (TPSA) is 32.3 Å². The number of nitrogens with one attached hydrogen (secondary N) is 1. The van der Waals surface area contributed by atoms with Crippen LogP contribution in [0.2, 0.25) is 0 Å². The van der Waals surface area contributed by atoms with E-state index in [1.807, 2.05) is 11.8 Å². The molecule has 0 aliphatic carbocycles. The van der Waals surface area contributed by atoms with Crippen molar-refractivity contribution in [2.24, 2.45) is 0 Å². The summed E-state index contributed by atoms with van der Waals surface area (Å²) in [4.78, 5) is 1.31. The average molecular weight is 332 g/mol. The van der Waals surface area contributed by atoms with Crippen molar-refractivity contribution in [3.8, 4) is 0 Å². The lowest BCUT2D eigenvalue weighted by molar-refractivity contribution is 0.296. The Bertz CT molecular complexity index is 360. The minimum absolute atomic E-state index is 0.266. The number of rotatable bonds is 8. The third kappa shape index (κ3) is 5.31. The number of aliphatic hydroxyl groups excluding tert-OH is 1. The van der Waals surface area contributed by atoms with Crippen molar-refractivity contribution in [1.29, 1.82) is 0 Å². The number of thioether (sulfide) groups is 1. The van der Waals surface area contributed by atoms with Crippen molar-refractivity contribution in [2.45, 2.75) is 37.6 Å². The second-order valence-electron chi connectivity index (χ2n) is 4.28. The van der Waals surface area contributed by atoms with Crippen LogP contribution < -0.4 is 5.32 Å². The average Bonchev–Trinajstić information content (AvgIpc) is 2.38. The van der Waals surface area contributed by atoms with Crippen LogP contribution in [0.15, 0.2) is 27.6 Å². The van der Waals surface area contributed by atoms with Crippen LogP contribution >= 0.6 is 27.7 Å². The zero-order valence-corrected chi connectivity index (χ0v) is 13.5. The molecule has 0 saturated heterocycles.